The number of halogens is 3. The van der Waals surface area contributed by atoms with E-state index in [2.05, 4.69) is 21.2 Å². The van der Waals surface area contributed by atoms with Gasteiger partial charge in [-0.25, -0.2) is 0 Å². The van der Waals surface area contributed by atoms with Crippen molar-refractivity contribution < 1.29 is 4.79 Å². The molecule has 2 nitrogen and oxygen atoms in total. The number of alkyl halides is 1. The Morgan fingerprint density at radius 2 is 2.06 bits per heavy atom. The van der Waals surface area contributed by atoms with E-state index in [1.165, 1.54) is 0 Å². The van der Waals surface area contributed by atoms with Crippen LogP contribution in [0.25, 0.3) is 0 Å². The third kappa shape index (κ3) is 3.40. The van der Waals surface area contributed by atoms with Crippen molar-refractivity contribution in [2.24, 2.45) is 0 Å². The fraction of sp³-hybridized carbons (Fsp3) is 0.462. The molecule has 98 valence electrons. The zero-order valence-corrected chi connectivity index (χ0v) is 12.9. The number of rotatable bonds is 2. The second-order valence-corrected chi connectivity index (χ2v) is 6.33. The molecule has 1 saturated carbocycles. The van der Waals surface area contributed by atoms with Gasteiger partial charge in [-0.1, -0.05) is 24.4 Å². The minimum absolute atomic E-state index is 0.0358. The van der Waals surface area contributed by atoms with Crippen molar-refractivity contribution in [2.75, 3.05) is 0 Å². The number of carbonyl (C=O) groups is 1. The van der Waals surface area contributed by atoms with Crippen molar-refractivity contribution in [3.63, 3.8) is 0 Å². The van der Waals surface area contributed by atoms with Gasteiger partial charge in [0.05, 0.1) is 10.4 Å². The molecule has 1 aromatic carbocycles. The van der Waals surface area contributed by atoms with Gasteiger partial charge in [0.25, 0.3) is 5.91 Å². The van der Waals surface area contributed by atoms with Crippen LogP contribution in [0.15, 0.2) is 22.7 Å². The predicted octanol–water partition coefficient (Wildman–Crippen LogP) is 4.38. The summed E-state index contributed by atoms with van der Waals surface area (Å²) in [4.78, 5) is 12.1. The Hall–Kier alpha value is -0.250. The Labute approximate surface area is 125 Å². The molecule has 18 heavy (non-hydrogen) atoms. The third-order valence-electron chi connectivity index (χ3n) is 3.18. The summed E-state index contributed by atoms with van der Waals surface area (Å²) >= 11 is 15.5. The number of carbonyl (C=O) groups excluding carboxylic acids is 1. The minimum atomic E-state index is -0.109. The maximum atomic E-state index is 12.1. The van der Waals surface area contributed by atoms with Gasteiger partial charge in [-0.05, 0) is 47.0 Å². The lowest BCUT2D eigenvalue weighted by atomic mass is 9.94. The first kappa shape index (κ1) is 14.2. The van der Waals surface area contributed by atoms with Crippen LogP contribution in [0.4, 0.5) is 0 Å². The Morgan fingerprint density at radius 1 is 1.33 bits per heavy atom. The summed E-state index contributed by atoms with van der Waals surface area (Å²) in [6, 6.07) is 5.25. The summed E-state index contributed by atoms with van der Waals surface area (Å²) in [6.45, 7) is 0. The van der Waals surface area contributed by atoms with E-state index in [1.54, 1.807) is 18.2 Å². The van der Waals surface area contributed by atoms with Gasteiger partial charge < -0.3 is 5.32 Å². The second-order valence-electron chi connectivity index (χ2n) is 4.51. The number of amides is 1. The van der Waals surface area contributed by atoms with Crippen LogP contribution in [0.1, 0.15) is 36.0 Å². The van der Waals surface area contributed by atoms with Crippen molar-refractivity contribution in [2.45, 2.75) is 37.1 Å². The largest absolute Gasteiger partial charge is 0.348 e. The number of hydrogen-bond acceptors (Lipinski definition) is 1. The minimum Gasteiger partial charge on any atom is -0.348 e. The van der Waals surface area contributed by atoms with Crippen LogP contribution < -0.4 is 5.32 Å². The normalized spacial score (nSPS) is 23.7. The summed E-state index contributed by atoms with van der Waals surface area (Å²) < 4.78 is 0.786. The van der Waals surface area contributed by atoms with Crippen LogP contribution >= 0.6 is 39.1 Å². The standard InChI is InChI=1S/C13H14BrCl2NO/c14-9-6-5-8(7-11(9)16)13(18)17-12-4-2-1-3-10(12)15/h5-7,10,12H,1-4H2,(H,17,18). The number of hydrogen-bond donors (Lipinski definition) is 1. The number of benzene rings is 1. The topological polar surface area (TPSA) is 29.1 Å². The fourth-order valence-corrected chi connectivity index (χ4v) is 2.91. The highest BCUT2D eigenvalue weighted by Crippen LogP contribution is 2.25. The van der Waals surface area contributed by atoms with Gasteiger partial charge in [0.2, 0.25) is 0 Å². The Kier molecular flexibility index (Phi) is 4.93. The molecule has 5 heteroatoms. The van der Waals surface area contributed by atoms with Crippen LogP contribution in [0.5, 0.6) is 0 Å². The molecule has 0 saturated heterocycles. The molecule has 2 rings (SSSR count). The molecular weight excluding hydrogens is 337 g/mol. The average molecular weight is 351 g/mol. The van der Waals surface area contributed by atoms with Gasteiger partial charge in [0.15, 0.2) is 0 Å². The summed E-state index contributed by atoms with van der Waals surface area (Å²) in [5, 5.41) is 3.56. The average Bonchev–Trinajstić information content (AvgIpc) is 2.35. The first-order chi connectivity index (χ1) is 8.58. The van der Waals surface area contributed by atoms with Gasteiger partial charge in [-0.2, -0.15) is 0 Å². The molecule has 0 radical (unpaired) electrons. The molecule has 1 aliphatic rings. The molecule has 2 unspecified atom stereocenters. The molecule has 1 amide bonds. The van der Waals surface area contributed by atoms with Gasteiger partial charge in [-0.3, -0.25) is 4.79 Å². The first-order valence-electron chi connectivity index (χ1n) is 5.98. The Morgan fingerprint density at radius 3 is 2.72 bits per heavy atom. The lowest BCUT2D eigenvalue weighted by Crippen LogP contribution is -2.42. The molecule has 0 heterocycles. The van der Waals surface area contributed by atoms with Crippen LogP contribution in [0.3, 0.4) is 0 Å². The maximum absolute atomic E-state index is 12.1. The molecule has 0 spiro atoms. The van der Waals surface area contributed by atoms with E-state index < -0.39 is 0 Å². The summed E-state index contributed by atoms with van der Waals surface area (Å²) in [5.41, 5.74) is 0.567. The molecule has 1 aliphatic carbocycles. The zero-order valence-electron chi connectivity index (χ0n) is 9.76. The van der Waals surface area contributed by atoms with E-state index in [0.29, 0.717) is 10.6 Å². The molecule has 1 aromatic rings. The van der Waals surface area contributed by atoms with Crippen molar-refractivity contribution in [3.05, 3.63) is 33.3 Å². The lowest BCUT2D eigenvalue weighted by molar-refractivity contribution is 0.0928. The van der Waals surface area contributed by atoms with Crippen LogP contribution in [-0.4, -0.2) is 17.3 Å². The highest BCUT2D eigenvalue weighted by atomic mass is 79.9. The third-order valence-corrected chi connectivity index (χ3v) is 4.93. The molecule has 0 aliphatic heterocycles. The van der Waals surface area contributed by atoms with Crippen LogP contribution in [-0.2, 0) is 0 Å². The van der Waals surface area contributed by atoms with Crippen LogP contribution in [0.2, 0.25) is 5.02 Å². The summed E-state index contributed by atoms with van der Waals surface area (Å²) in [5.74, 6) is -0.109. The quantitative estimate of drug-likeness (QED) is 0.788. The van der Waals surface area contributed by atoms with Crippen molar-refractivity contribution in [3.8, 4) is 0 Å². The van der Waals surface area contributed by atoms with Gasteiger partial charge >= 0.3 is 0 Å². The molecular formula is C13H14BrCl2NO. The summed E-state index contributed by atoms with van der Waals surface area (Å²) in [6.07, 6.45) is 4.18. The van der Waals surface area contributed by atoms with Crippen LogP contribution in [0, 0.1) is 0 Å². The smallest absolute Gasteiger partial charge is 0.251 e. The fourth-order valence-electron chi connectivity index (χ4n) is 2.14. The van der Waals surface area contributed by atoms with E-state index in [4.69, 9.17) is 23.2 Å². The zero-order chi connectivity index (χ0) is 13.1. The van der Waals surface area contributed by atoms with Gasteiger partial charge in [0.1, 0.15) is 0 Å². The molecule has 1 fully saturated rings. The SMILES string of the molecule is O=C(NC1CCCCC1Cl)c1ccc(Br)c(Cl)c1. The van der Waals surface area contributed by atoms with Crippen molar-refractivity contribution >= 4 is 45.0 Å². The van der Waals surface area contributed by atoms with Gasteiger partial charge in [0, 0.05) is 16.1 Å². The monoisotopic (exact) mass is 349 g/mol. The highest BCUT2D eigenvalue weighted by molar-refractivity contribution is 9.10. The maximum Gasteiger partial charge on any atom is 0.251 e. The first-order valence-corrected chi connectivity index (χ1v) is 7.58. The molecule has 1 N–H and O–H groups in total. The lowest BCUT2D eigenvalue weighted by Gasteiger charge is -2.27. The molecule has 0 bridgehead atoms. The summed E-state index contributed by atoms with van der Waals surface area (Å²) in [7, 11) is 0. The van der Waals surface area contributed by atoms with E-state index in [9.17, 15) is 4.79 Å². The van der Waals surface area contributed by atoms with Gasteiger partial charge in [-0.15, -0.1) is 11.6 Å². The van der Waals surface area contributed by atoms with Crippen molar-refractivity contribution in [1.82, 2.24) is 5.32 Å². The van der Waals surface area contributed by atoms with E-state index in [1.807, 2.05) is 0 Å². The molecule has 2 atom stereocenters. The van der Waals surface area contributed by atoms with E-state index >= 15 is 0 Å². The van der Waals surface area contributed by atoms with E-state index in [-0.39, 0.29) is 17.3 Å². The molecule has 0 aromatic heterocycles. The predicted molar refractivity (Wildman–Crippen MR) is 78.5 cm³/mol. The second kappa shape index (κ2) is 6.27. The highest BCUT2D eigenvalue weighted by Gasteiger charge is 2.24. The number of nitrogens with one attached hydrogen (secondary N) is 1. The van der Waals surface area contributed by atoms with E-state index in [0.717, 1.165) is 30.2 Å². The Bertz CT molecular complexity index is 453. The van der Waals surface area contributed by atoms with Crippen molar-refractivity contribution in [1.29, 1.82) is 0 Å². The Balaban J connectivity index is 2.04.